The van der Waals surface area contributed by atoms with Crippen molar-refractivity contribution in [2.75, 3.05) is 6.54 Å². The van der Waals surface area contributed by atoms with Gasteiger partial charge < -0.3 is 5.32 Å². The third-order valence-corrected chi connectivity index (χ3v) is 4.30. The van der Waals surface area contributed by atoms with Crippen LogP contribution in [0.3, 0.4) is 0 Å². The average molecular weight is 255 g/mol. The summed E-state index contributed by atoms with van der Waals surface area (Å²) in [5.41, 5.74) is 0. The van der Waals surface area contributed by atoms with Crippen LogP contribution in [0.2, 0.25) is 0 Å². The molecular formula is C17H37N. The van der Waals surface area contributed by atoms with Gasteiger partial charge in [0, 0.05) is 6.04 Å². The van der Waals surface area contributed by atoms with Gasteiger partial charge in [-0.2, -0.15) is 0 Å². The molecule has 110 valence electrons. The highest BCUT2D eigenvalue weighted by Gasteiger charge is 2.19. The Morgan fingerprint density at radius 2 is 1.50 bits per heavy atom. The van der Waals surface area contributed by atoms with Crippen LogP contribution in [0.25, 0.3) is 0 Å². The zero-order valence-corrected chi connectivity index (χ0v) is 13.6. The lowest BCUT2D eigenvalue weighted by molar-refractivity contribution is 0.277. The van der Waals surface area contributed by atoms with Crippen molar-refractivity contribution in [2.24, 2.45) is 11.8 Å². The van der Waals surface area contributed by atoms with Gasteiger partial charge in [0.15, 0.2) is 0 Å². The van der Waals surface area contributed by atoms with Crippen LogP contribution in [0, 0.1) is 11.8 Å². The summed E-state index contributed by atoms with van der Waals surface area (Å²) >= 11 is 0. The molecule has 1 nitrogen and oxygen atoms in total. The maximum Gasteiger partial charge on any atom is 0.00952 e. The minimum absolute atomic E-state index is 0.739. The molecular weight excluding hydrogens is 218 g/mol. The van der Waals surface area contributed by atoms with Crippen molar-refractivity contribution >= 4 is 0 Å². The van der Waals surface area contributed by atoms with Gasteiger partial charge in [-0.15, -0.1) is 0 Å². The van der Waals surface area contributed by atoms with Gasteiger partial charge in [-0.1, -0.05) is 73.1 Å². The first-order valence-electron chi connectivity index (χ1n) is 8.42. The van der Waals surface area contributed by atoms with E-state index in [2.05, 4.69) is 39.9 Å². The molecule has 0 aliphatic carbocycles. The predicted octanol–water partition coefficient (Wildman–Crippen LogP) is 5.40. The molecule has 0 fully saturated rings. The molecule has 0 amide bonds. The summed E-state index contributed by atoms with van der Waals surface area (Å²) in [6.45, 7) is 12.8. The Hall–Kier alpha value is -0.0400. The van der Waals surface area contributed by atoms with Crippen molar-refractivity contribution in [3.05, 3.63) is 0 Å². The van der Waals surface area contributed by atoms with Gasteiger partial charge in [0.2, 0.25) is 0 Å². The Morgan fingerprint density at radius 3 is 2.00 bits per heavy atom. The maximum atomic E-state index is 3.73. The van der Waals surface area contributed by atoms with Crippen molar-refractivity contribution < 1.29 is 0 Å². The molecule has 0 aromatic carbocycles. The van der Waals surface area contributed by atoms with E-state index in [1.165, 1.54) is 51.4 Å². The quantitative estimate of drug-likeness (QED) is 0.492. The smallest absolute Gasteiger partial charge is 0.00952 e. The van der Waals surface area contributed by atoms with E-state index in [4.69, 9.17) is 0 Å². The molecule has 0 radical (unpaired) electrons. The van der Waals surface area contributed by atoms with E-state index >= 15 is 0 Å². The summed E-state index contributed by atoms with van der Waals surface area (Å²) in [5, 5.41) is 3.73. The fraction of sp³-hybridized carbons (Fsp3) is 1.00. The Bertz CT molecular complexity index is 161. The van der Waals surface area contributed by atoms with Gasteiger partial charge in [-0.25, -0.2) is 0 Å². The zero-order valence-electron chi connectivity index (χ0n) is 13.6. The Morgan fingerprint density at radius 1 is 0.889 bits per heavy atom. The molecule has 0 rings (SSSR count). The molecule has 1 heteroatoms. The minimum atomic E-state index is 0.739. The lowest BCUT2D eigenvalue weighted by atomic mass is 9.85. The standard InChI is InChI=1S/C17H37N/c1-6-10-12-15(5)17(18-9-4)14-16(8-3)13-11-7-2/h15-18H,6-14H2,1-5H3. The molecule has 0 heterocycles. The number of hydrogen-bond acceptors (Lipinski definition) is 1. The van der Waals surface area contributed by atoms with Crippen LogP contribution in [0.4, 0.5) is 0 Å². The van der Waals surface area contributed by atoms with Gasteiger partial charge in [-0.05, 0) is 31.2 Å². The van der Waals surface area contributed by atoms with Crippen LogP contribution < -0.4 is 5.32 Å². The predicted molar refractivity (Wildman–Crippen MR) is 84.1 cm³/mol. The van der Waals surface area contributed by atoms with Crippen LogP contribution in [-0.4, -0.2) is 12.6 Å². The minimum Gasteiger partial charge on any atom is -0.314 e. The fourth-order valence-corrected chi connectivity index (χ4v) is 2.85. The molecule has 0 aromatic rings. The third kappa shape index (κ3) is 8.13. The van der Waals surface area contributed by atoms with Gasteiger partial charge >= 0.3 is 0 Å². The zero-order chi connectivity index (χ0) is 13.8. The summed E-state index contributed by atoms with van der Waals surface area (Å²) < 4.78 is 0. The molecule has 0 spiro atoms. The van der Waals surface area contributed by atoms with Crippen molar-refractivity contribution in [3.63, 3.8) is 0 Å². The SMILES string of the molecule is CCCCC(CC)CC(NCC)C(C)CCCC. The van der Waals surface area contributed by atoms with Gasteiger partial charge in [0.05, 0.1) is 0 Å². The molecule has 0 bridgehead atoms. The second-order valence-electron chi connectivity index (χ2n) is 5.94. The molecule has 0 aliphatic rings. The van der Waals surface area contributed by atoms with Crippen LogP contribution in [0.15, 0.2) is 0 Å². The topological polar surface area (TPSA) is 12.0 Å². The Labute approximate surface area is 116 Å². The van der Waals surface area contributed by atoms with Crippen LogP contribution in [0.5, 0.6) is 0 Å². The normalized spacial score (nSPS) is 16.5. The van der Waals surface area contributed by atoms with Crippen LogP contribution in [0.1, 0.15) is 86.0 Å². The highest BCUT2D eigenvalue weighted by atomic mass is 14.9. The summed E-state index contributed by atoms with van der Waals surface area (Å²) in [6.07, 6.45) is 11.0. The maximum absolute atomic E-state index is 3.73. The lowest BCUT2D eigenvalue weighted by Crippen LogP contribution is -2.36. The first kappa shape index (κ1) is 18.0. The monoisotopic (exact) mass is 255 g/mol. The Balaban J connectivity index is 4.20. The molecule has 18 heavy (non-hydrogen) atoms. The largest absolute Gasteiger partial charge is 0.314 e. The molecule has 0 saturated carbocycles. The summed E-state index contributed by atoms with van der Waals surface area (Å²) in [6, 6.07) is 0.739. The van der Waals surface area contributed by atoms with Crippen molar-refractivity contribution in [2.45, 2.75) is 92.0 Å². The third-order valence-electron chi connectivity index (χ3n) is 4.30. The van der Waals surface area contributed by atoms with Crippen LogP contribution >= 0.6 is 0 Å². The second-order valence-corrected chi connectivity index (χ2v) is 5.94. The molecule has 0 saturated heterocycles. The number of unbranched alkanes of at least 4 members (excludes halogenated alkanes) is 2. The highest BCUT2D eigenvalue weighted by molar-refractivity contribution is 4.76. The van der Waals surface area contributed by atoms with Crippen molar-refractivity contribution in [1.29, 1.82) is 0 Å². The summed E-state index contributed by atoms with van der Waals surface area (Å²) in [5.74, 6) is 1.76. The lowest BCUT2D eigenvalue weighted by Gasteiger charge is -2.28. The van der Waals surface area contributed by atoms with Crippen LogP contribution in [-0.2, 0) is 0 Å². The van der Waals surface area contributed by atoms with E-state index in [-0.39, 0.29) is 0 Å². The van der Waals surface area contributed by atoms with E-state index < -0.39 is 0 Å². The van der Waals surface area contributed by atoms with E-state index in [9.17, 15) is 0 Å². The molecule has 1 N–H and O–H groups in total. The highest BCUT2D eigenvalue weighted by Crippen LogP contribution is 2.24. The number of hydrogen-bond donors (Lipinski definition) is 1. The average Bonchev–Trinajstić information content (AvgIpc) is 2.39. The van der Waals surface area contributed by atoms with Gasteiger partial charge in [0.1, 0.15) is 0 Å². The van der Waals surface area contributed by atoms with E-state index in [0.29, 0.717) is 0 Å². The molecule has 0 aliphatic heterocycles. The van der Waals surface area contributed by atoms with Gasteiger partial charge in [-0.3, -0.25) is 0 Å². The molecule has 3 unspecified atom stereocenters. The van der Waals surface area contributed by atoms with E-state index in [0.717, 1.165) is 24.4 Å². The molecule has 3 atom stereocenters. The van der Waals surface area contributed by atoms with E-state index in [1.54, 1.807) is 0 Å². The van der Waals surface area contributed by atoms with Gasteiger partial charge in [0.25, 0.3) is 0 Å². The number of rotatable bonds is 12. The Kier molecular flexibility index (Phi) is 12.0. The second kappa shape index (κ2) is 12.0. The van der Waals surface area contributed by atoms with E-state index in [1.807, 2.05) is 0 Å². The first-order valence-corrected chi connectivity index (χ1v) is 8.42. The van der Waals surface area contributed by atoms with Crippen molar-refractivity contribution in [3.8, 4) is 0 Å². The molecule has 0 aromatic heterocycles. The number of nitrogens with one attached hydrogen (secondary N) is 1. The first-order chi connectivity index (χ1) is 8.69. The summed E-state index contributed by atoms with van der Waals surface area (Å²) in [7, 11) is 0. The van der Waals surface area contributed by atoms with Crippen molar-refractivity contribution in [1.82, 2.24) is 5.32 Å². The fourth-order valence-electron chi connectivity index (χ4n) is 2.85. The summed E-state index contributed by atoms with van der Waals surface area (Å²) in [4.78, 5) is 0.